The molecule has 5 nitrogen and oxygen atoms in total. The zero-order chi connectivity index (χ0) is 22.4. The van der Waals surface area contributed by atoms with E-state index in [1.807, 2.05) is 45.0 Å². The zero-order valence-electron chi connectivity index (χ0n) is 18.2. The number of oxime groups is 1. The van der Waals surface area contributed by atoms with Gasteiger partial charge in [-0.3, -0.25) is 4.90 Å². The molecule has 7 heteroatoms. The number of ether oxygens (including phenoxy) is 1. The Hall–Kier alpha value is -1.99. The molecule has 2 aromatic rings. The monoisotopic (exact) mass is 448 g/mol. The second-order valence-electron chi connectivity index (χ2n) is 8.88. The van der Waals surface area contributed by atoms with E-state index < -0.39 is 6.10 Å². The molecular weight excluding hydrogens is 419 g/mol. The molecule has 1 aliphatic heterocycles. The highest BCUT2D eigenvalue weighted by atomic mass is 35.5. The van der Waals surface area contributed by atoms with Crippen molar-refractivity contribution in [3.8, 4) is 0 Å². The van der Waals surface area contributed by atoms with Gasteiger partial charge in [-0.25, -0.2) is 4.39 Å². The van der Waals surface area contributed by atoms with Gasteiger partial charge in [0.1, 0.15) is 11.9 Å². The van der Waals surface area contributed by atoms with Gasteiger partial charge in [0.25, 0.3) is 0 Å². The molecule has 2 aromatic carbocycles. The first-order valence-corrected chi connectivity index (χ1v) is 10.8. The largest absolute Gasteiger partial charge is 0.390 e. The summed E-state index contributed by atoms with van der Waals surface area (Å²) in [6.45, 7) is 7.75. The van der Waals surface area contributed by atoms with Gasteiger partial charge >= 0.3 is 0 Å². The number of rotatable bonds is 9. The molecule has 0 radical (unpaired) electrons. The van der Waals surface area contributed by atoms with Gasteiger partial charge in [-0.05, 0) is 56.2 Å². The molecule has 168 valence electrons. The van der Waals surface area contributed by atoms with Crippen LogP contribution >= 0.6 is 11.6 Å². The Morgan fingerprint density at radius 3 is 2.68 bits per heavy atom. The summed E-state index contributed by atoms with van der Waals surface area (Å²) in [5.41, 5.74) is 2.38. The normalized spacial score (nSPS) is 17.5. The molecule has 0 amide bonds. The highest BCUT2D eigenvalue weighted by Crippen LogP contribution is 2.20. The fraction of sp³-hybridized carbons (Fsp3) is 0.458. The molecular formula is C24H30ClFN2O3. The minimum atomic E-state index is -0.641. The van der Waals surface area contributed by atoms with Gasteiger partial charge < -0.3 is 14.7 Å². The van der Waals surface area contributed by atoms with E-state index >= 15 is 0 Å². The van der Waals surface area contributed by atoms with Crippen LogP contribution in [-0.2, 0) is 16.1 Å². The molecule has 0 saturated carbocycles. The zero-order valence-corrected chi connectivity index (χ0v) is 19.0. The molecule has 0 spiro atoms. The van der Waals surface area contributed by atoms with Crippen molar-refractivity contribution in [3.05, 3.63) is 70.5 Å². The van der Waals surface area contributed by atoms with Crippen LogP contribution in [0.4, 0.5) is 4.39 Å². The van der Waals surface area contributed by atoms with Crippen molar-refractivity contribution >= 4 is 17.3 Å². The Bertz CT molecular complexity index is 883. The smallest absolute Gasteiger partial charge is 0.145 e. The third kappa shape index (κ3) is 7.89. The number of benzene rings is 2. The van der Waals surface area contributed by atoms with Crippen LogP contribution in [0.15, 0.2) is 53.7 Å². The molecule has 0 fully saturated rings. The molecule has 1 heterocycles. The van der Waals surface area contributed by atoms with E-state index in [1.54, 1.807) is 12.1 Å². The average molecular weight is 449 g/mol. The fourth-order valence-electron chi connectivity index (χ4n) is 3.42. The summed E-state index contributed by atoms with van der Waals surface area (Å²) >= 11 is 6.14. The minimum Gasteiger partial charge on any atom is -0.390 e. The van der Waals surface area contributed by atoms with Crippen LogP contribution < -0.4 is 0 Å². The predicted octanol–water partition coefficient (Wildman–Crippen LogP) is 4.65. The number of aliphatic hydroxyl groups is 1. The summed E-state index contributed by atoms with van der Waals surface area (Å²) < 4.78 is 18.9. The van der Waals surface area contributed by atoms with E-state index in [4.69, 9.17) is 21.2 Å². The van der Waals surface area contributed by atoms with Crippen LogP contribution in [0.5, 0.6) is 0 Å². The summed E-state index contributed by atoms with van der Waals surface area (Å²) in [4.78, 5) is 7.77. The number of hydrogen-bond acceptors (Lipinski definition) is 5. The van der Waals surface area contributed by atoms with Crippen LogP contribution in [0.25, 0.3) is 0 Å². The van der Waals surface area contributed by atoms with Crippen molar-refractivity contribution in [2.45, 2.75) is 51.5 Å². The van der Waals surface area contributed by atoms with Crippen molar-refractivity contribution in [1.82, 2.24) is 4.90 Å². The van der Waals surface area contributed by atoms with Gasteiger partial charge in [-0.2, -0.15) is 0 Å². The van der Waals surface area contributed by atoms with E-state index in [0.29, 0.717) is 31.1 Å². The lowest BCUT2D eigenvalue weighted by molar-refractivity contribution is -0.0600. The Morgan fingerprint density at radius 2 is 2.00 bits per heavy atom. The van der Waals surface area contributed by atoms with Crippen molar-refractivity contribution in [1.29, 1.82) is 0 Å². The Morgan fingerprint density at radius 1 is 1.26 bits per heavy atom. The highest BCUT2D eigenvalue weighted by molar-refractivity contribution is 6.30. The highest BCUT2D eigenvalue weighted by Gasteiger charge is 2.26. The van der Waals surface area contributed by atoms with Crippen molar-refractivity contribution in [2.75, 3.05) is 19.7 Å². The predicted molar refractivity (Wildman–Crippen MR) is 121 cm³/mol. The topological polar surface area (TPSA) is 54.3 Å². The van der Waals surface area contributed by atoms with E-state index in [0.717, 1.165) is 16.8 Å². The van der Waals surface area contributed by atoms with E-state index in [1.165, 1.54) is 12.1 Å². The van der Waals surface area contributed by atoms with Gasteiger partial charge in [0.05, 0.1) is 24.0 Å². The van der Waals surface area contributed by atoms with Crippen LogP contribution in [0, 0.1) is 5.82 Å². The molecule has 0 aromatic heterocycles. The molecule has 0 aliphatic carbocycles. The van der Waals surface area contributed by atoms with Gasteiger partial charge in [0.15, 0.2) is 0 Å². The first kappa shape index (κ1) is 23.7. The molecule has 1 aliphatic rings. The Kier molecular flexibility index (Phi) is 8.06. The third-order valence-corrected chi connectivity index (χ3v) is 5.08. The first-order chi connectivity index (χ1) is 14.7. The molecule has 31 heavy (non-hydrogen) atoms. The molecule has 0 saturated heterocycles. The fourth-order valence-corrected chi connectivity index (χ4v) is 3.63. The maximum Gasteiger partial charge on any atom is 0.145 e. The van der Waals surface area contributed by atoms with Crippen LogP contribution in [-0.4, -0.2) is 53.2 Å². The standard InChI is InChI=1S/C24H30ClFN2O3/c1-24(2,3)30-16-21(29)14-28(13-17-5-4-6-19(25)11-17)15-22-12-23(27-31-22)18-7-9-20(26)10-8-18/h4-11,21-22,29H,12-16H2,1-3H3. The van der Waals surface area contributed by atoms with Crippen molar-refractivity contribution in [3.63, 3.8) is 0 Å². The maximum absolute atomic E-state index is 13.2. The lowest BCUT2D eigenvalue weighted by atomic mass is 10.0. The SMILES string of the molecule is CC(C)(C)OCC(O)CN(Cc1cccc(Cl)c1)CC1CC(c2ccc(F)cc2)=NO1. The summed E-state index contributed by atoms with van der Waals surface area (Å²) in [6, 6.07) is 13.9. The van der Waals surface area contributed by atoms with Crippen molar-refractivity contribution in [2.24, 2.45) is 5.16 Å². The van der Waals surface area contributed by atoms with Crippen LogP contribution in [0.1, 0.15) is 38.3 Å². The summed E-state index contributed by atoms with van der Waals surface area (Å²) in [5.74, 6) is -0.279. The Labute approximate surface area is 188 Å². The lowest BCUT2D eigenvalue weighted by Gasteiger charge is -2.28. The van der Waals surface area contributed by atoms with E-state index in [-0.39, 0.29) is 24.1 Å². The van der Waals surface area contributed by atoms with Crippen molar-refractivity contribution < 1.29 is 19.1 Å². The number of halogens is 2. The minimum absolute atomic E-state index is 0.157. The summed E-state index contributed by atoms with van der Waals surface area (Å²) in [6.07, 6.45) is -0.181. The second-order valence-corrected chi connectivity index (χ2v) is 9.31. The van der Waals surface area contributed by atoms with Gasteiger partial charge in [-0.15, -0.1) is 0 Å². The summed E-state index contributed by atoms with van der Waals surface area (Å²) in [7, 11) is 0. The number of nitrogens with zero attached hydrogens (tertiary/aromatic N) is 2. The lowest BCUT2D eigenvalue weighted by Crippen LogP contribution is -2.40. The summed E-state index contributed by atoms with van der Waals surface area (Å²) in [5, 5.41) is 15.4. The van der Waals surface area contributed by atoms with Crippen LogP contribution in [0.3, 0.4) is 0 Å². The molecule has 1 N–H and O–H groups in total. The maximum atomic E-state index is 13.2. The van der Waals surface area contributed by atoms with E-state index in [9.17, 15) is 9.50 Å². The number of hydrogen-bond donors (Lipinski definition) is 1. The average Bonchev–Trinajstić information content (AvgIpc) is 3.15. The molecule has 2 atom stereocenters. The van der Waals surface area contributed by atoms with Crippen LogP contribution in [0.2, 0.25) is 5.02 Å². The first-order valence-electron chi connectivity index (χ1n) is 10.5. The van der Waals surface area contributed by atoms with Gasteiger partial charge in [0, 0.05) is 31.1 Å². The van der Waals surface area contributed by atoms with Gasteiger partial charge in [0.2, 0.25) is 0 Å². The quantitative estimate of drug-likeness (QED) is 0.606. The second kappa shape index (κ2) is 10.6. The Balaban J connectivity index is 1.62. The molecule has 3 rings (SSSR count). The van der Waals surface area contributed by atoms with Gasteiger partial charge in [-0.1, -0.05) is 41.0 Å². The molecule has 2 unspecified atom stereocenters. The number of aliphatic hydroxyl groups excluding tert-OH is 1. The third-order valence-electron chi connectivity index (χ3n) is 4.85. The van der Waals surface area contributed by atoms with E-state index in [2.05, 4.69) is 10.1 Å². The molecule has 0 bridgehead atoms.